The van der Waals surface area contributed by atoms with Gasteiger partial charge in [-0.05, 0) is 42.3 Å². The molecule has 2 atom stereocenters. The third-order valence-electron chi connectivity index (χ3n) is 6.15. The number of nitrogens with one attached hydrogen (secondary N) is 3. The van der Waals surface area contributed by atoms with Gasteiger partial charge >= 0.3 is 6.18 Å². The summed E-state index contributed by atoms with van der Waals surface area (Å²) in [6.07, 6.45) is -3.94. The fourth-order valence-electron chi connectivity index (χ4n) is 4.37. The summed E-state index contributed by atoms with van der Waals surface area (Å²) in [5.41, 5.74) is 7.41. The molecule has 2 unspecified atom stereocenters. The number of anilines is 1. The Balaban J connectivity index is 0.00000380. The largest absolute Gasteiger partial charge is 0.434 e. The predicted octanol–water partition coefficient (Wildman–Crippen LogP) is 3.76. The van der Waals surface area contributed by atoms with Gasteiger partial charge in [0.1, 0.15) is 11.9 Å². The van der Waals surface area contributed by atoms with Crippen LogP contribution in [0, 0.1) is 0 Å². The summed E-state index contributed by atoms with van der Waals surface area (Å²) < 4.78 is 39.4. The van der Waals surface area contributed by atoms with Crippen molar-refractivity contribution in [1.29, 1.82) is 0 Å². The number of nitrogens with two attached hydrogens (primary N) is 1. The molecule has 1 aromatic carbocycles. The summed E-state index contributed by atoms with van der Waals surface area (Å²) in [6.45, 7) is 1.14. The fraction of sp³-hybridized carbons (Fsp3) is 0.391. The summed E-state index contributed by atoms with van der Waals surface area (Å²) in [7, 11) is 0. The number of amides is 1. The van der Waals surface area contributed by atoms with E-state index in [1.807, 2.05) is 12.1 Å². The summed E-state index contributed by atoms with van der Waals surface area (Å²) >= 11 is 11.9. The van der Waals surface area contributed by atoms with E-state index in [2.05, 4.69) is 25.5 Å². The number of aromatic nitrogens is 2. The molecule has 0 saturated heterocycles. The Morgan fingerprint density at radius 1 is 1.30 bits per heavy atom. The zero-order valence-corrected chi connectivity index (χ0v) is 21.7. The van der Waals surface area contributed by atoms with Gasteiger partial charge in [-0.15, -0.1) is 12.4 Å². The molecule has 2 aromatic heterocycles. The standard InChI is InChI=1S/C23H25Cl2F3N6O2.ClH/c24-12-1-3-17-14(9-12)13-5-7-34(18(20(13)32-17)10-31-22(36)16(29)11-35)8-6-30-19-4-2-15(25)21(33-19)23(26,27)28;/h1-4,9,16,18,32,35H,5-8,10-11,29H2,(H,30,33)(H,31,36);1H. The molecule has 6 N–H and O–H groups in total. The molecule has 0 aliphatic carbocycles. The Hall–Kier alpha value is -2.28. The number of rotatable bonds is 8. The van der Waals surface area contributed by atoms with Crippen LogP contribution in [0.4, 0.5) is 19.0 Å². The average molecular weight is 582 g/mol. The number of halogens is 6. The maximum absolute atomic E-state index is 13.1. The molecule has 3 heterocycles. The predicted molar refractivity (Wildman–Crippen MR) is 139 cm³/mol. The highest BCUT2D eigenvalue weighted by Crippen LogP contribution is 2.36. The van der Waals surface area contributed by atoms with Crippen LogP contribution in [0.1, 0.15) is 23.0 Å². The van der Waals surface area contributed by atoms with Gasteiger partial charge in [0.25, 0.3) is 0 Å². The first-order valence-electron chi connectivity index (χ1n) is 11.2. The Morgan fingerprint density at radius 2 is 2.05 bits per heavy atom. The van der Waals surface area contributed by atoms with Crippen LogP contribution in [0.25, 0.3) is 10.9 Å². The maximum atomic E-state index is 13.1. The van der Waals surface area contributed by atoms with Gasteiger partial charge in [-0.25, -0.2) is 4.98 Å². The molecule has 0 bridgehead atoms. The highest BCUT2D eigenvalue weighted by Gasteiger charge is 2.35. The monoisotopic (exact) mass is 580 g/mol. The molecule has 4 rings (SSSR count). The lowest BCUT2D eigenvalue weighted by molar-refractivity contribution is -0.141. The van der Waals surface area contributed by atoms with Crippen LogP contribution in [0.2, 0.25) is 10.0 Å². The number of aromatic amines is 1. The summed E-state index contributed by atoms with van der Waals surface area (Å²) in [5, 5.41) is 16.0. The van der Waals surface area contributed by atoms with Crippen molar-refractivity contribution in [1.82, 2.24) is 20.2 Å². The summed E-state index contributed by atoms with van der Waals surface area (Å²) in [4.78, 5) is 21.4. The van der Waals surface area contributed by atoms with E-state index in [1.54, 1.807) is 6.07 Å². The van der Waals surface area contributed by atoms with Crippen LogP contribution in [-0.2, 0) is 17.4 Å². The first-order valence-corrected chi connectivity index (χ1v) is 12.0. The number of alkyl halides is 3. The lowest BCUT2D eigenvalue weighted by Gasteiger charge is -2.36. The normalized spacial score (nSPS) is 16.7. The molecule has 1 aliphatic rings. The summed E-state index contributed by atoms with van der Waals surface area (Å²) in [5.74, 6) is -0.421. The Bertz CT molecular complexity index is 1260. The molecule has 0 fully saturated rings. The molecule has 3 aromatic rings. The van der Waals surface area contributed by atoms with Crippen molar-refractivity contribution in [2.75, 3.05) is 38.1 Å². The summed E-state index contributed by atoms with van der Waals surface area (Å²) in [6, 6.07) is 6.82. The van der Waals surface area contributed by atoms with Crippen molar-refractivity contribution in [3.63, 3.8) is 0 Å². The lowest BCUT2D eigenvalue weighted by atomic mass is 9.97. The van der Waals surface area contributed by atoms with E-state index in [0.717, 1.165) is 28.2 Å². The van der Waals surface area contributed by atoms with E-state index in [0.29, 0.717) is 31.1 Å². The molecule has 202 valence electrons. The molecule has 37 heavy (non-hydrogen) atoms. The van der Waals surface area contributed by atoms with E-state index < -0.39 is 35.4 Å². The van der Waals surface area contributed by atoms with Crippen LogP contribution < -0.4 is 16.4 Å². The Labute approximate surface area is 227 Å². The van der Waals surface area contributed by atoms with E-state index in [9.17, 15) is 23.1 Å². The Kier molecular flexibility index (Phi) is 9.54. The number of benzene rings is 1. The van der Waals surface area contributed by atoms with E-state index in [4.69, 9.17) is 28.9 Å². The quantitative estimate of drug-likeness (QED) is 0.276. The van der Waals surface area contributed by atoms with Gasteiger partial charge in [-0.2, -0.15) is 13.2 Å². The number of carbonyl (C=O) groups is 1. The molecular formula is C23H26Cl3F3N6O2. The number of hydrogen-bond donors (Lipinski definition) is 5. The van der Waals surface area contributed by atoms with Gasteiger partial charge < -0.3 is 26.5 Å². The number of aliphatic hydroxyl groups is 1. The van der Waals surface area contributed by atoms with Crippen LogP contribution in [0.3, 0.4) is 0 Å². The van der Waals surface area contributed by atoms with E-state index in [-0.39, 0.29) is 30.8 Å². The van der Waals surface area contributed by atoms with Crippen molar-refractivity contribution in [2.45, 2.75) is 24.7 Å². The van der Waals surface area contributed by atoms with Crippen molar-refractivity contribution >= 4 is 58.2 Å². The third-order valence-corrected chi connectivity index (χ3v) is 6.69. The number of nitrogens with zero attached hydrogens (tertiary/aromatic N) is 2. The number of carbonyl (C=O) groups excluding carboxylic acids is 1. The van der Waals surface area contributed by atoms with Gasteiger partial charge in [-0.3, -0.25) is 9.69 Å². The number of aliphatic hydroxyl groups excluding tert-OH is 1. The van der Waals surface area contributed by atoms with E-state index >= 15 is 0 Å². The minimum absolute atomic E-state index is 0. The van der Waals surface area contributed by atoms with Gasteiger partial charge in [0.2, 0.25) is 5.91 Å². The second kappa shape index (κ2) is 12.1. The second-order valence-corrected chi connectivity index (χ2v) is 9.34. The molecular weight excluding hydrogens is 556 g/mol. The first-order chi connectivity index (χ1) is 17.1. The molecule has 14 heteroatoms. The van der Waals surface area contributed by atoms with Gasteiger partial charge in [0, 0.05) is 47.8 Å². The zero-order chi connectivity index (χ0) is 26.0. The van der Waals surface area contributed by atoms with Crippen molar-refractivity contribution in [3.8, 4) is 0 Å². The van der Waals surface area contributed by atoms with Crippen molar-refractivity contribution in [3.05, 3.63) is 57.3 Å². The van der Waals surface area contributed by atoms with Crippen molar-refractivity contribution in [2.24, 2.45) is 5.73 Å². The molecule has 0 saturated carbocycles. The first kappa shape index (κ1) is 29.3. The molecule has 1 amide bonds. The molecule has 0 spiro atoms. The highest BCUT2D eigenvalue weighted by molar-refractivity contribution is 6.31. The number of hydrogen-bond acceptors (Lipinski definition) is 6. The Morgan fingerprint density at radius 3 is 2.76 bits per heavy atom. The SMILES string of the molecule is Cl.NC(CO)C(=O)NCC1c2[nH]c3ccc(Cl)cc3c2CCN1CCNc1ccc(Cl)c(C(F)(F)F)n1. The molecule has 8 nitrogen and oxygen atoms in total. The lowest BCUT2D eigenvalue weighted by Crippen LogP contribution is -2.48. The average Bonchev–Trinajstić information content (AvgIpc) is 3.20. The van der Waals surface area contributed by atoms with Gasteiger partial charge in [-0.1, -0.05) is 23.2 Å². The fourth-order valence-corrected chi connectivity index (χ4v) is 4.75. The van der Waals surface area contributed by atoms with Gasteiger partial charge in [0.15, 0.2) is 5.69 Å². The minimum atomic E-state index is -4.66. The van der Waals surface area contributed by atoms with E-state index in [1.165, 1.54) is 6.07 Å². The number of H-pyrrole nitrogens is 1. The minimum Gasteiger partial charge on any atom is -0.394 e. The van der Waals surface area contributed by atoms with Crippen LogP contribution in [-0.4, -0.2) is 64.7 Å². The topological polar surface area (TPSA) is 119 Å². The molecule has 1 aliphatic heterocycles. The smallest absolute Gasteiger partial charge is 0.394 e. The van der Waals surface area contributed by atoms with Crippen LogP contribution in [0.5, 0.6) is 0 Å². The zero-order valence-electron chi connectivity index (χ0n) is 19.4. The van der Waals surface area contributed by atoms with Crippen molar-refractivity contribution < 1.29 is 23.1 Å². The third kappa shape index (κ3) is 6.60. The number of pyridine rings is 1. The highest BCUT2D eigenvalue weighted by atomic mass is 35.5. The van der Waals surface area contributed by atoms with Crippen LogP contribution >= 0.6 is 35.6 Å². The molecule has 0 radical (unpaired) electrons. The maximum Gasteiger partial charge on any atom is 0.434 e. The second-order valence-electron chi connectivity index (χ2n) is 8.49. The van der Waals surface area contributed by atoms with Crippen LogP contribution in [0.15, 0.2) is 30.3 Å². The number of fused-ring (bicyclic) bond motifs is 3. The van der Waals surface area contributed by atoms with Gasteiger partial charge in [0.05, 0.1) is 17.7 Å².